The first kappa shape index (κ1) is 15.1. The number of pyridine rings is 1. The van der Waals surface area contributed by atoms with Crippen LogP contribution in [-0.2, 0) is 11.8 Å². The van der Waals surface area contributed by atoms with Crippen LogP contribution in [0.15, 0.2) is 60.9 Å². The molecule has 6 nitrogen and oxygen atoms in total. The van der Waals surface area contributed by atoms with Gasteiger partial charge in [-0.3, -0.25) is 4.68 Å². The zero-order chi connectivity index (χ0) is 17.4. The summed E-state index contributed by atoms with van der Waals surface area (Å²) in [5, 5.41) is 4.38. The summed E-state index contributed by atoms with van der Waals surface area (Å²) in [6.45, 7) is 0. The Hall–Kier alpha value is -3.41. The van der Waals surface area contributed by atoms with Crippen molar-refractivity contribution in [2.45, 2.75) is 0 Å². The summed E-state index contributed by atoms with van der Waals surface area (Å²) < 4.78 is 8.28. The first-order valence-corrected chi connectivity index (χ1v) is 7.82. The molecule has 0 atom stereocenters. The Labute approximate surface area is 144 Å². The molecule has 0 N–H and O–H groups in total. The van der Waals surface area contributed by atoms with Crippen LogP contribution in [0.4, 0.5) is 0 Å². The fourth-order valence-electron chi connectivity index (χ4n) is 2.79. The minimum absolute atomic E-state index is 0.400. The van der Waals surface area contributed by atoms with E-state index in [9.17, 15) is 4.79 Å². The second-order valence-corrected chi connectivity index (χ2v) is 5.70. The van der Waals surface area contributed by atoms with E-state index in [1.165, 1.54) is 11.8 Å². The van der Waals surface area contributed by atoms with Crippen molar-refractivity contribution < 1.29 is 9.53 Å². The molecule has 0 aliphatic rings. The quantitative estimate of drug-likeness (QED) is 0.541. The normalized spacial score (nSPS) is 11.0. The van der Waals surface area contributed by atoms with Gasteiger partial charge in [0.2, 0.25) is 0 Å². The average Bonchev–Trinajstić information content (AvgIpc) is 3.25. The molecule has 0 amide bonds. The maximum Gasteiger partial charge on any atom is 0.356 e. The summed E-state index contributed by atoms with van der Waals surface area (Å²) >= 11 is 0. The molecular formula is C19H16N4O2. The molecule has 3 aromatic heterocycles. The zero-order valence-corrected chi connectivity index (χ0v) is 13.9. The van der Waals surface area contributed by atoms with E-state index in [4.69, 9.17) is 4.74 Å². The Balaban J connectivity index is 1.67. The molecule has 1 aromatic carbocycles. The average molecular weight is 332 g/mol. The monoisotopic (exact) mass is 332 g/mol. The number of ether oxygens (including phenoxy) is 1. The van der Waals surface area contributed by atoms with E-state index in [-0.39, 0.29) is 0 Å². The predicted molar refractivity (Wildman–Crippen MR) is 94.2 cm³/mol. The molecular weight excluding hydrogens is 316 g/mol. The van der Waals surface area contributed by atoms with E-state index >= 15 is 0 Å². The topological polar surface area (TPSA) is 61.4 Å². The van der Waals surface area contributed by atoms with Gasteiger partial charge in [-0.15, -0.1) is 0 Å². The minimum atomic E-state index is -0.400. The number of aromatic nitrogens is 4. The van der Waals surface area contributed by atoms with Gasteiger partial charge in [0.05, 0.1) is 18.5 Å². The Morgan fingerprint density at radius 1 is 1.04 bits per heavy atom. The Morgan fingerprint density at radius 2 is 1.76 bits per heavy atom. The number of imidazole rings is 1. The number of hydrogen-bond acceptors (Lipinski definition) is 4. The van der Waals surface area contributed by atoms with Gasteiger partial charge in [-0.2, -0.15) is 5.10 Å². The van der Waals surface area contributed by atoms with Gasteiger partial charge in [-0.05, 0) is 18.2 Å². The van der Waals surface area contributed by atoms with Crippen LogP contribution in [0, 0.1) is 0 Å². The molecule has 0 unspecified atom stereocenters. The molecule has 0 radical (unpaired) electrons. The molecule has 6 heteroatoms. The number of rotatable bonds is 3. The number of nitrogens with zero attached hydrogens (tertiary/aromatic N) is 4. The van der Waals surface area contributed by atoms with Gasteiger partial charge in [0.1, 0.15) is 11.3 Å². The molecule has 4 aromatic rings. The van der Waals surface area contributed by atoms with Crippen LogP contribution in [0.3, 0.4) is 0 Å². The number of hydrogen-bond donors (Lipinski definition) is 0. The Morgan fingerprint density at radius 3 is 2.44 bits per heavy atom. The number of carbonyl (C=O) groups is 1. The van der Waals surface area contributed by atoms with Crippen molar-refractivity contribution in [1.82, 2.24) is 19.2 Å². The second-order valence-electron chi connectivity index (χ2n) is 5.70. The highest BCUT2D eigenvalue weighted by molar-refractivity contribution is 5.89. The molecule has 0 aliphatic heterocycles. The van der Waals surface area contributed by atoms with Gasteiger partial charge in [0.15, 0.2) is 0 Å². The third-order valence-corrected chi connectivity index (χ3v) is 4.11. The summed E-state index contributed by atoms with van der Waals surface area (Å²) in [4.78, 5) is 16.3. The molecule has 0 aliphatic carbocycles. The summed E-state index contributed by atoms with van der Waals surface area (Å²) in [5.41, 5.74) is 4.92. The van der Waals surface area contributed by atoms with E-state index in [0.717, 1.165) is 28.2 Å². The maximum atomic E-state index is 11.7. The third-order valence-electron chi connectivity index (χ3n) is 4.11. The molecule has 0 bridgehead atoms. The van der Waals surface area contributed by atoms with Crippen LogP contribution in [0.2, 0.25) is 0 Å². The van der Waals surface area contributed by atoms with Gasteiger partial charge >= 0.3 is 5.97 Å². The first-order chi connectivity index (χ1) is 12.2. The SMILES string of the molecule is COC(=O)c1cc(-c2ccc(-c3cn4ccccc4n3)cc2)nn1C. The van der Waals surface area contributed by atoms with Gasteiger partial charge in [0, 0.05) is 30.6 Å². The van der Waals surface area contributed by atoms with Crippen LogP contribution in [0.25, 0.3) is 28.2 Å². The lowest BCUT2D eigenvalue weighted by Crippen LogP contribution is -2.07. The van der Waals surface area contributed by atoms with Crippen LogP contribution in [0.5, 0.6) is 0 Å². The second kappa shape index (κ2) is 5.90. The molecule has 124 valence electrons. The summed E-state index contributed by atoms with van der Waals surface area (Å²) in [6.07, 6.45) is 3.98. The van der Waals surface area contributed by atoms with Crippen LogP contribution in [0.1, 0.15) is 10.5 Å². The fourth-order valence-corrected chi connectivity index (χ4v) is 2.79. The van der Waals surface area contributed by atoms with E-state index < -0.39 is 5.97 Å². The van der Waals surface area contributed by atoms with Crippen LogP contribution >= 0.6 is 0 Å². The molecule has 3 heterocycles. The Bertz CT molecular complexity index is 1030. The van der Waals surface area contributed by atoms with Crippen molar-refractivity contribution in [3.63, 3.8) is 0 Å². The highest BCUT2D eigenvalue weighted by Crippen LogP contribution is 2.24. The fraction of sp³-hybridized carbons (Fsp3) is 0.105. The Kier molecular flexibility index (Phi) is 3.57. The van der Waals surface area contributed by atoms with Gasteiger partial charge in [-0.25, -0.2) is 9.78 Å². The van der Waals surface area contributed by atoms with Gasteiger partial charge in [-0.1, -0.05) is 30.3 Å². The van der Waals surface area contributed by atoms with Crippen molar-refractivity contribution in [3.8, 4) is 22.5 Å². The number of esters is 1. The van der Waals surface area contributed by atoms with Crippen molar-refractivity contribution in [1.29, 1.82) is 0 Å². The lowest BCUT2D eigenvalue weighted by molar-refractivity contribution is 0.0588. The lowest BCUT2D eigenvalue weighted by Gasteiger charge is -1.99. The number of carbonyl (C=O) groups excluding carboxylic acids is 1. The largest absolute Gasteiger partial charge is 0.464 e. The van der Waals surface area contributed by atoms with E-state index in [1.807, 2.05) is 59.3 Å². The first-order valence-electron chi connectivity index (χ1n) is 7.82. The number of benzene rings is 1. The van der Waals surface area contributed by atoms with Crippen LogP contribution in [-0.4, -0.2) is 32.2 Å². The maximum absolute atomic E-state index is 11.7. The van der Waals surface area contributed by atoms with Gasteiger partial charge < -0.3 is 9.14 Å². The van der Waals surface area contributed by atoms with Crippen molar-refractivity contribution in [2.24, 2.45) is 7.05 Å². The lowest BCUT2D eigenvalue weighted by atomic mass is 10.1. The number of aryl methyl sites for hydroxylation is 1. The number of methoxy groups -OCH3 is 1. The summed E-state index contributed by atoms with van der Waals surface area (Å²) in [5.74, 6) is -0.400. The summed E-state index contributed by atoms with van der Waals surface area (Å²) in [6, 6.07) is 15.6. The van der Waals surface area contributed by atoms with Gasteiger partial charge in [0.25, 0.3) is 0 Å². The number of fused-ring (bicyclic) bond motifs is 1. The molecule has 0 saturated heterocycles. The van der Waals surface area contributed by atoms with Crippen molar-refractivity contribution in [3.05, 3.63) is 66.6 Å². The smallest absolute Gasteiger partial charge is 0.356 e. The highest BCUT2D eigenvalue weighted by atomic mass is 16.5. The van der Waals surface area contributed by atoms with Crippen molar-refractivity contribution >= 4 is 11.6 Å². The summed E-state index contributed by atoms with van der Waals surface area (Å²) in [7, 11) is 3.08. The molecule has 0 spiro atoms. The van der Waals surface area contributed by atoms with E-state index in [2.05, 4.69) is 10.1 Å². The molecule has 4 rings (SSSR count). The molecule has 0 saturated carbocycles. The predicted octanol–water partition coefficient (Wildman–Crippen LogP) is 3.19. The standard InChI is InChI=1S/C19H16N4O2/c1-22-17(19(24)25-2)11-15(21-22)13-6-8-14(9-7-13)16-12-23-10-4-3-5-18(23)20-16/h3-12H,1-2H3. The van der Waals surface area contributed by atoms with E-state index in [1.54, 1.807) is 13.1 Å². The van der Waals surface area contributed by atoms with Crippen molar-refractivity contribution in [2.75, 3.05) is 7.11 Å². The highest BCUT2D eigenvalue weighted by Gasteiger charge is 2.14. The van der Waals surface area contributed by atoms with E-state index in [0.29, 0.717) is 5.69 Å². The zero-order valence-electron chi connectivity index (χ0n) is 13.9. The molecule has 0 fully saturated rings. The minimum Gasteiger partial charge on any atom is -0.464 e. The third kappa shape index (κ3) is 2.67. The van der Waals surface area contributed by atoms with Crippen LogP contribution < -0.4 is 0 Å². The molecule has 25 heavy (non-hydrogen) atoms.